The van der Waals surface area contributed by atoms with E-state index in [0.717, 1.165) is 11.3 Å². The number of ketones is 1. The van der Waals surface area contributed by atoms with Crippen LogP contribution < -0.4 is 20.3 Å². The van der Waals surface area contributed by atoms with Crippen molar-refractivity contribution >= 4 is 23.8 Å². The minimum Gasteiger partial charge on any atom is -0.493 e. The molecule has 4 rings (SSSR count). The molecule has 1 aliphatic heterocycles. The highest BCUT2D eigenvalue weighted by molar-refractivity contribution is 7.71. The van der Waals surface area contributed by atoms with Gasteiger partial charge in [-0.1, -0.05) is 19.9 Å². The summed E-state index contributed by atoms with van der Waals surface area (Å²) in [5.41, 5.74) is 2.19. The zero-order chi connectivity index (χ0) is 20.9. The predicted octanol–water partition coefficient (Wildman–Crippen LogP) is 3.65. The molecule has 0 fully saturated rings. The summed E-state index contributed by atoms with van der Waals surface area (Å²) in [5, 5.41) is 3.28. The summed E-state index contributed by atoms with van der Waals surface area (Å²) in [4.78, 5) is 31.8. The summed E-state index contributed by atoms with van der Waals surface area (Å²) in [6.07, 6.45) is 1.12. The van der Waals surface area contributed by atoms with Crippen molar-refractivity contribution in [2.45, 2.75) is 32.6 Å². The standard InChI is InChI=1S/C21H23N3O4S/c1-21(2)8-11-16(12(25)9-21)15(10-5-6-13(27-3)14(7-10)28-4)17-18(22-11)23-20(29)24-19(17)26/h5-7,15H,8-9H2,1-4H3,(H3,22,23,24,26,29)/t15-/m1/s1. The Labute approximate surface area is 173 Å². The number of rotatable bonds is 3. The number of allylic oxidation sites excluding steroid dienone is 2. The van der Waals surface area contributed by atoms with Gasteiger partial charge < -0.3 is 19.8 Å². The van der Waals surface area contributed by atoms with Crippen LogP contribution in [0.4, 0.5) is 5.82 Å². The molecule has 0 unspecified atom stereocenters. The molecule has 3 N–H and O–H groups in total. The number of methoxy groups -OCH3 is 2. The zero-order valence-corrected chi connectivity index (χ0v) is 17.6. The van der Waals surface area contributed by atoms with Crippen molar-refractivity contribution < 1.29 is 14.3 Å². The van der Waals surface area contributed by atoms with Gasteiger partial charge >= 0.3 is 0 Å². The van der Waals surface area contributed by atoms with Crippen LogP contribution in [-0.4, -0.2) is 30.0 Å². The number of aromatic nitrogens is 2. The fourth-order valence-corrected chi connectivity index (χ4v) is 4.51. The molecule has 1 aromatic carbocycles. The zero-order valence-electron chi connectivity index (χ0n) is 16.8. The van der Waals surface area contributed by atoms with E-state index in [4.69, 9.17) is 21.7 Å². The highest BCUT2D eigenvalue weighted by atomic mass is 32.1. The first kappa shape index (κ1) is 19.4. The van der Waals surface area contributed by atoms with E-state index in [9.17, 15) is 9.59 Å². The first-order chi connectivity index (χ1) is 13.7. The molecule has 8 heteroatoms. The molecule has 0 spiro atoms. The monoisotopic (exact) mass is 413 g/mol. The topological polar surface area (TPSA) is 96.2 Å². The van der Waals surface area contributed by atoms with Crippen LogP contribution >= 0.6 is 12.2 Å². The van der Waals surface area contributed by atoms with Crippen molar-refractivity contribution in [1.29, 1.82) is 0 Å². The molecule has 1 aromatic heterocycles. The average molecular weight is 413 g/mol. The van der Waals surface area contributed by atoms with Gasteiger partial charge in [0.25, 0.3) is 5.56 Å². The van der Waals surface area contributed by atoms with Gasteiger partial charge in [-0.3, -0.25) is 14.6 Å². The maximum absolute atomic E-state index is 13.2. The van der Waals surface area contributed by atoms with E-state index in [-0.39, 0.29) is 21.5 Å². The maximum atomic E-state index is 13.2. The number of hydrogen-bond acceptors (Lipinski definition) is 6. The summed E-state index contributed by atoms with van der Waals surface area (Å²) < 4.78 is 11.0. The normalized spacial score (nSPS) is 19.9. The second-order valence-electron chi connectivity index (χ2n) is 8.20. The number of carbonyl (C=O) groups excluding carboxylic acids is 1. The Balaban J connectivity index is 1.99. The number of hydrogen-bond donors (Lipinski definition) is 3. The Morgan fingerprint density at radius 3 is 2.48 bits per heavy atom. The summed E-state index contributed by atoms with van der Waals surface area (Å²) in [5.74, 6) is 1.16. The molecule has 0 bridgehead atoms. The molecular formula is C21H23N3O4S. The Morgan fingerprint density at radius 2 is 1.79 bits per heavy atom. The minimum atomic E-state index is -0.528. The Hall–Kier alpha value is -2.87. The first-order valence-electron chi connectivity index (χ1n) is 9.36. The second kappa shape index (κ2) is 6.88. The van der Waals surface area contributed by atoms with Crippen molar-refractivity contribution in [3.63, 3.8) is 0 Å². The highest BCUT2D eigenvalue weighted by Gasteiger charge is 2.42. The van der Waals surface area contributed by atoms with Crippen molar-refractivity contribution in [3.8, 4) is 11.5 Å². The Morgan fingerprint density at radius 1 is 1.07 bits per heavy atom. The van der Waals surface area contributed by atoms with Gasteiger partial charge in [0.2, 0.25) is 0 Å². The molecule has 29 heavy (non-hydrogen) atoms. The number of H-pyrrole nitrogens is 2. The third kappa shape index (κ3) is 3.27. The smallest absolute Gasteiger partial charge is 0.257 e. The molecule has 0 saturated carbocycles. The van der Waals surface area contributed by atoms with E-state index >= 15 is 0 Å². The minimum absolute atomic E-state index is 0.0380. The van der Waals surface area contributed by atoms with Gasteiger partial charge in [0.15, 0.2) is 22.1 Å². The number of Topliss-reactive ketones (excluding diaryl/α,β-unsaturated/α-hetero) is 1. The van der Waals surface area contributed by atoms with E-state index in [2.05, 4.69) is 29.1 Å². The van der Waals surface area contributed by atoms with Crippen molar-refractivity contribution in [1.82, 2.24) is 9.97 Å². The van der Waals surface area contributed by atoms with Crippen LogP contribution in [0.25, 0.3) is 0 Å². The molecule has 1 aliphatic carbocycles. The number of benzene rings is 1. The van der Waals surface area contributed by atoms with Crippen molar-refractivity contribution in [2.75, 3.05) is 19.5 Å². The van der Waals surface area contributed by atoms with Crippen molar-refractivity contribution in [3.05, 3.63) is 55.7 Å². The average Bonchev–Trinajstić information content (AvgIpc) is 2.64. The predicted molar refractivity (Wildman–Crippen MR) is 112 cm³/mol. The molecular weight excluding hydrogens is 390 g/mol. The largest absolute Gasteiger partial charge is 0.493 e. The van der Waals surface area contributed by atoms with E-state index < -0.39 is 5.92 Å². The molecule has 2 aliphatic rings. The third-order valence-electron chi connectivity index (χ3n) is 5.49. The van der Waals surface area contributed by atoms with Crippen LogP contribution in [0, 0.1) is 10.2 Å². The second-order valence-corrected chi connectivity index (χ2v) is 8.61. The fourth-order valence-electron chi connectivity index (χ4n) is 4.31. The molecule has 0 radical (unpaired) electrons. The van der Waals surface area contributed by atoms with Crippen LogP contribution in [0.15, 0.2) is 34.3 Å². The molecule has 7 nitrogen and oxygen atoms in total. The maximum Gasteiger partial charge on any atom is 0.257 e. The van der Waals surface area contributed by atoms with Gasteiger partial charge in [-0.05, 0) is 41.7 Å². The van der Waals surface area contributed by atoms with Gasteiger partial charge in [-0.15, -0.1) is 0 Å². The van der Waals surface area contributed by atoms with Crippen LogP contribution in [0.1, 0.15) is 43.7 Å². The lowest BCUT2D eigenvalue weighted by Gasteiger charge is -2.38. The quantitative estimate of drug-likeness (QED) is 0.665. The van der Waals surface area contributed by atoms with E-state index in [1.807, 2.05) is 12.1 Å². The number of aromatic amines is 2. The first-order valence-corrected chi connectivity index (χ1v) is 9.76. The highest BCUT2D eigenvalue weighted by Crippen LogP contribution is 2.48. The third-order valence-corrected chi connectivity index (χ3v) is 5.70. The SMILES string of the molecule is COc1ccc([C@@H]2C3=C(CC(C)(C)CC3=O)Nc3[nH]c(=S)[nH]c(=O)c32)cc1OC. The lowest BCUT2D eigenvalue weighted by atomic mass is 9.69. The molecule has 152 valence electrons. The lowest BCUT2D eigenvalue weighted by molar-refractivity contribution is -0.118. The van der Waals surface area contributed by atoms with E-state index in [1.165, 1.54) is 0 Å². The molecule has 0 saturated heterocycles. The van der Waals surface area contributed by atoms with E-state index in [0.29, 0.717) is 41.3 Å². The summed E-state index contributed by atoms with van der Waals surface area (Å²) in [6.45, 7) is 4.13. The number of anilines is 1. The molecule has 2 aromatic rings. The van der Waals surface area contributed by atoms with Gasteiger partial charge in [0.05, 0.1) is 19.8 Å². The van der Waals surface area contributed by atoms with E-state index in [1.54, 1.807) is 20.3 Å². The summed E-state index contributed by atoms with van der Waals surface area (Å²) >= 11 is 5.16. The summed E-state index contributed by atoms with van der Waals surface area (Å²) in [6, 6.07) is 5.46. The fraction of sp³-hybridized carbons (Fsp3) is 0.381. The summed E-state index contributed by atoms with van der Waals surface area (Å²) in [7, 11) is 3.12. The molecule has 2 heterocycles. The molecule has 0 amide bonds. The Bertz CT molecular complexity index is 1160. The van der Waals surface area contributed by atoms with Crippen LogP contribution in [0.2, 0.25) is 0 Å². The number of fused-ring (bicyclic) bond motifs is 1. The Kier molecular flexibility index (Phi) is 4.61. The van der Waals surface area contributed by atoms with Crippen LogP contribution in [0.5, 0.6) is 11.5 Å². The number of nitrogens with one attached hydrogen (secondary N) is 3. The van der Waals surface area contributed by atoms with Gasteiger partial charge in [-0.25, -0.2) is 0 Å². The van der Waals surface area contributed by atoms with Gasteiger partial charge in [0.1, 0.15) is 5.82 Å². The van der Waals surface area contributed by atoms with Crippen LogP contribution in [-0.2, 0) is 4.79 Å². The lowest BCUT2D eigenvalue weighted by Crippen LogP contribution is -2.36. The number of ether oxygens (including phenoxy) is 2. The number of carbonyl (C=O) groups is 1. The van der Waals surface area contributed by atoms with Gasteiger partial charge in [0, 0.05) is 23.6 Å². The molecule has 1 atom stereocenters. The van der Waals surface area contributed by atoms with Gasteiger partial charge in [-0.2, -0.15) is 0 Å². The van der Waals surface area contributed by atoms with Crippen LogP contribution in [0.3, 0.4) is 0 Å². The van der Waals surface area contributed by atoms with Crippen molar-refractivity contribution in [2.24, 2.45) is 5.41 Å².